The predicted molar refractivity (Wildman–Crippen MR) is 112 cm³/mol. The maximum absolute atomic E-state index is 13.0. The molecule has 0 saturated heterocycles. The van der Waals surface area contributed by atoms with Gasteiger partial charge >= 0.3 is 0 Å². The second kappa shape index (κ2) is 8.99. The Bertz CT molecular complexity index is 1060. The van der Waals surface area contributed by atoms with Crippen molar-refractivity contribution in [2.75, 3.05) is 18.4 Å². The van der Waals surface area contributed by atoms with Gasteiger partial charge in [-0.2, -0.15) is 5.10 Å². The van der Waals surface area contributed by atoms with Crippen LogP contribution in [0.5, 0.6) is 0 Å². The summed E-state index contributed by atoms with van der Waals surface area (Å²) in [7, 11) is 0. The number of non-ortho nitro benzene ring substituents is 1. The molecule has 0 atom stereocenters. The number of nitro groups is 1. The fraction of sp³-hybridized carbons (Fsp3) is 0.190. The third kappa shape index (κ3) is 4.19. The van der Waals surface area contributed by atoms with Gasteiger partial charge in [-0.15, -0.1) is 0 Å². The van der Waals surface area contributed by atoms with Gasteiger partial charge in [0, 0.05) is 30.8 Å². The van der Waals surface area contributed by atoms with Crippen LogP contribution in [0.4, 0.5) is 11.5 Å². The molecule has 0 aliphatic heterocycles. The summed E-state index contributed by atoms with van der Waals surface area (Å²) in [6, 6.07) is 14.3. The molecular weight excluding hydrogens is 386 g/mol. The number of anilines is 1. The second-order valence-corrected chi connectivity index (χ2v) is 6.39. The Morgan fingerprint density at radius 2 is 1.70 bits per heavy atom. The Labute approximate surface area is 173 Å². The number of rotatable bonds is 7. The van der Waals surface area contributed by atoms with Crippen molar-refractivity contribution in [2.45, 2.75) is 13.8 Å². The molecule has 0 bridgehead atoms. The number of carbonyl (C=O) groups is 2. The molecule has 2 aromatic carbocycles. The first-order valence-corrected chi connectivity index (χ1v) is 9.44. The molecule has 154 valence electrons. The Morgan fingerprint density at radius 1 is 1.07 bits per heavy atom. The van der Waals surface area contributed by atoms with Gasteiger partial charge < -0.3 is 10.2 Å². The van der Waals surface area contributed by atoms with Crippen molar-refractivity contribution in [1.82, 2.24) is 14.7 Å². The summed E-state index contributed by atoms with van der Waals surface area (Å²) >= 11 is 0. The predicted octanol–water partition coefficient (Wildman–Crippen LogP) is 3.51. The zero-order chi connectivity index (χ0) is 21.7. The van der Waals surface area contributed by atoms with E-state index in [4.69, 9.17) is 0 Å². The normalized spacial score (nSPS) is 10.5. The van der Waals surface area contributed by atoms with Gasteiger partial charge in [0.15, 0.2) is 0 Å². The number of hydrogen-bond donors (Lipinski definition) is 1. The topological polar surface area (TPSA) is 110 Å². The third-order valence-electron chi connectivity index (χ3n) is 4.62. The fourth-order valence-electron chi connectivity index (χ4n) is 2.99. The maximum atomic E-state index is 13.0. The summed E-state index contributed by atoms with van der Waals surface area (Å²) < 4.78 is 1.49. The number of hydrogen-bond acceptors (Lipinski definition) is 5. The molecule has 0 unspecified atom stereocenters. The highest BCUT2D eigenvalue weighted by molar-refractivity contribution is 6.08. The first-order chi connectivity index (χ1) is 14.5. The number of nitrogens with one attached hydrogen (secondary N) is 1. The van der Waals surface area contributed by atoms with Crippen LogP contribution in [0.3, 0.4) is 0 Å². The van der Waals surface area contributed by atoms with E-state index in [1.807, 2.05) is 32.0 Å². The zero-order valence-electron chi connectivity index (χ0n) is 16.6. The summed E-state index contributed by atoms with van der Waals surface area (Å²) in [5, 5.41) is 17.9. The molecule has 0 radical (unpaired) electrons. The molecule has 0 saturated carbocycles. The molecule has 1 aromatic heterocycles. The van der Waals surface area contributed by atoms with Crippen molar-refractivity contribution >= 4 is 23.3 Å². The number of para-hydroxylation sites is 1. The van der Waals surface area contributed by atoms with Crippen LogP contribution in [-0.2, 0) is 0 Å². The summed E-state index contributed by atoms with van der Waals surface area (Å²) in [4.78, 5) is 37.7. The molecule has 2 amide bonds. The first kappa shape index (κ1) is 20.7. The minimum Gasteiger partial charge on any atom is -0.339 e. The van der Waals surface area contributed by atoms with E-state index in [0.29, 0.717) is 18.8 Å². The van der Waals surface area contributed by atoms with Crippen molar-refractivity contribution in [2.24, 2.45) is 0 Å². The summed E-state index contributed by atoms with van der Waals surface area (Å²) in [6.07, 6.45) is 1.43. The van der Waals surface area contributed by atoms with Gasteiger partial charge in [-0.3, -0.25) is 19.7 Å². The molecule has 3 rings (SSSR count). The second-order valence-electron chi connectivity index (χ2n) is 6.39. The molecule has 3 aromatic rings. The Kier molecular flexibility index (Phi) is 6.21. The minimum absolute atomic E-state index is 0.113. The molecule has 9 nitrogen and oxygen atoms in total. The van der Waals surface area contributed by atoms with Gasteiger partial charge in [-0.05, 0) is 38.1 Å². The average molecular weight is 407 g/mol. The molecule has 1 N–H and O–H groups in total. The number of aromatic nitrogens is 2. The molecule has 9 heteroatoms. The first-order valence-electron chi connectivity index (χ1n) is 9.44. The fourth-order valence-corrected chi connectivity index (χ4v) is 2.99. The van der Waals surface area contributed by atoms with Gasteiger partial charge in [0.2, 0.25) is 0 Å². The van der Waals surface area contributed by atoms with E-state index < -0.39 is 10.8 Å². The van der Waals surface area contributed by atoms with Crippen LogP contribution in [0, 0.1) is 10.1 Å². The van der Waals surface area contributed by atoms with Crippen molar-refractivity contribution < 1.29 is 14.5 Å². The Hall–Kier alpha value is -4.01. The monoisotopic (exact) mass is 407 g/mol. The lowest BCUT2D eigenvalue weighted by Gasteiger charge is -2.19. The van der Waals surface area contributed by atoms with Crippen molar-refractivity contribution in [3.8, 4) is 5.69 Å². The van der Waals surface area contributed by atoms with Gasteiger partial charge in [0.1, 0.15) is 11.4 Å². The maximum Gasteiger partial charge on any atom is 0.269 e. The highest BCUT2D eigenvalue weighted by Crippen LogP contribution is 2.23. The van der Waals surface area contributed by atoms with Crippen LogP contribution in [-0.4, -0.2) is 44.5 Å². The standard InChI is InChI=1S/C21H21N5O4/c1-3-24(4-2)21(28)18-14-22-25(16-8-6-5-7-9-16)19(18)23-20(27)15-10-12-17(13-11-15)26(29)30/h5-14H,3-4H2,1-2H3,(H,23,27). The van der Waals surface area contributed by atoms with E-state index in [2.05, 4.69) is 10.4 Å². The molecule has 0 aliphatic carbocycles. The van der Waals surface area contributed by atoms with Crippen LogP contribution < -0.4 is 5.32 Å². The van der Waals surface area contributed by atoms with Crippen molar-refractivity contribution in [3.05, 3.63) is 82.0 Å². The third-order valence-corrected chi connectivity index (χ3v) is 4.62. The van der Waals surface area contributed by atoms with Gasteiger partial charge in [0.25, 0.3) is 17.5 Å². The number of nitro benzene ring substituents is 1. The van der Waals surface area contributed by atoms with Crippen molar-refractivity contribution in [1.29, 1.82) is 0 Å². The van der Waals surface area contributed by atoms with Gasteiger partial charge in [-0.25, -0.2) is 4.68 Å². The van der Waals surface area contributed by atoms with E-state index in [1.54, 1.807) is 17.0 Å². The molecule has 0 fully saturated rings. The van der Waals surface area contributed by atoms with Crippen LogP contribution >= 0.6 is 0 Å². The molecule has 0 spiro atoms. The van der Waals surface area contributed by atoms with E-state index >= 15 is 0 Å². The van der Waals surface area contributed by atoms with Crippen LogP contribution in [0.15, 0.2) is 60.8 Å². The van der Waals surface area contributed by atoms with E-state index in [1.165, 1.54) is 35.1 Å². The number of benzene rings is 2. The SMILES string of the molecule is CCN(CC)C(=O)c1cnn(-c2ccccc2)c1NC(=O)c1ccc([N+](=O)[O-])cc1. The molecule has 0 aliphatic rings. The van der Waals surface area contributed by atoms with Gasteiger partial charge in [-0.1, -0.05) is 18.2 Å². The minimum atomic E-state index is -0.535. The van der Waals surface area contributed by atoms with Crippen LogP contribution in [0.1, 0.15) is 34.6 Å². The quantitative estimate of drug-likeness (QED) is 0.476. The Morgan fingerprint density at radius 3 is 2.27 bits per heavy atom. The lowest BCUT2D eigenvalue weighted by atomic mass is 10.2. The highest BCUT2D eigenvalue weighted by atomic mass is 16.6. The van der Waals surface area contributed by atoms with Crippen molar-refractivity contribution in [3.63, 3.8) is 0 Å². The van der Waals surface area contributed by atoms with Crippen LogP contribution in [0.2, 0.25) is 0 Å². The van der Waals surface area contributed by atoms with E-state index in [0.717, 1.165) is 0 Å². The van der Waals surface area contributed by atoms with Gasteiger partial charge in [0.05, 0.1) is 16.8 Å². The summed E-state index contributed by atoms with van der Waals surface area (Å²) in [5.74, 6) is -0.515. The number of carbonyl (C=O) groups excluding carboxylic acids is 2. The number of amides is 2. The lowest BCUT2D eigenvalue weighted by Crippen LogP contribution is -2.31. The summed E-state index contributed by atoms with van der Waals surface area (Å²) in [5.41, 5.74) is 1.05. The van der Waals surface area contributed by atoms with E-state index in [9.17, 15) is 19.7 Å². The van der Waals surface area contributed by atoms with Crippen LogP contribution in [0.25, 0.3) is 5.69 Å². The average Bonchev–Trinajstić information content (AvgIpc) is 3.18. The zero-order valence-corrected chi connectivity index (χ0v) is 16.6. The molecular formula is C21H21N5O4. The molecule has 30 heavy (non-hydrogen) atoms. The molecule has 1 heterocycles. The smallest absolute Gasteiger partial charge is 0.269 e. The summed E-state index contributed by atoms with van der Waals surface area (Å²) in [6.45, 7) is 4.78. The Balaban J connectivity index is 2.00. The highest BCUT2D eigenvalue weighted by Gasteiger charge is 2.24. The largest absolute Gasteiger partial charge is 0.339 e. The lowest BCUT2D eigenvalue weighted by molar-refractivity contribution is -0.384. The number of nitrogens with zero attached hydrogens (tertiary/aromatic N) is 4. The van der Waals surface area contributed by atoms with E-state index in [-0.39, 0.29) is 28.5 Å².